The molecule has 4 heteroatoms. The average Bonchev–Trinajstić information content (AvgIpc) is 3.31. The highest BCUT2D eigenvalue weighted by Crippen LogP contribution is 2.68. The molecule has 9 atom stereocenters. The van der Waals surface area contributed by atoms with E-state index in [-0.39, 0.29) is 22.9 Å². The summed E-state index contributed by atoms with van der Waals surface area (Å²) in [6.45, 7) is 10.1. The number of carbonyl (C=O) groups excluding carboxylic acids is 1. The van der Waals surface area contributed by atoms with Crippen molar-refractivity contribution < 1.29 is 9.53 Å². The first-order chi connectivity index (χ1) is 15.7. The first-order valence-corrected chi connectivity index (χ1v) is 13.6. The lowest BCUT2D eigenvalue weighted by Gasteiger charge is -2.60. The van der Waals surface area contributed by atoms with Crippen molar-refractivity contribution in [2.75, 3.05) is 20.6 Å². The highest BCUT2D eigenvalue weighted by Gasteiger charge is 2.67. The van der Waals surface area contributed by atoms with Crippen LogP contribution in [0.5, 0.6) is 0 Å². The van der Waals surface area contributed by atoms with Gasteiger partial charge in [-0.3, -0.25) is 4.79 Å². The predicted octanol–water partition coefficient (Wildman–Crippen LogP) is 5.35. The van der Waals surface area contributed by atoms with Crippen molar-refractivity contribution in [3.05, 3.63) is 23.3 Å². The molecule has 3 saturated carbocycles. The van der Waals surface area contributed by atoms with Crippen molar-refractivity contribution in [3.8, 4) is 0 Å². The summed E-state index contributed by atoms with van der Waals surface area (Å²) in [5, 5.41) is 3.82. The van der Waals surface area contributed by atoms with Crippen LogP contribution in [-0.2, 0) is 9.53 Å². The number of ether oxygens (including phenoxy) is 1. The van der Waals surface area contributed by atoms with E-state index < -0.39 is 0 Å². The number of rotatable bonds is 4. The summed E-state index contributed by atoms with van der Waals surface area (Å²) >= 11 is 0. The second-order valence-corrected chi connectivity index (χ2v) is 12.8. The molecule has 5 aliphatic rings. The van der Waals surface area contributed by atoms with Gasteiger partial charge in [-0.1, -0.05) is 30.2 Å². The topological polar surface area (TPSA) is 41.6 Å². The van der Waals surface area contributed by atoms with Crippen LogP contribution < -0.4 is 5.32 Å². The summed E-state index contributed by atoms with van der Waals surface area (Å²) in [6.07, 6.45) is 13.8. The summed E-state index contributed by atoms with van der Waals surface area (Å²) in [4.78, 5) is 15.4. The Balaban J connectivity index is 1.47. The maximum atomic E-state index is 13.0. The first kappa shape index (κ1) is 23.6. The third-order valence-electron chi connectivity index (χ3n) is 10.9. The zero-order chi connectivity index (χ0) is 23.5. The van der Waals surface area contributed by atoms with Crippen LogP contribution in [0, 0.1) is 34.5 Å². The van der Waals surface area contributed by atoms with Gasteiger partial charge in [-0.25, -0.2) is 0 Å². The van der Waals surface area contributed by atoms with E-state index >= 15 is 0 Å². The minimum Gasteiger partial charge on any atom is -0.461 e. The molecule has 0 bridgehead atoms. The van der Waals surface area contributed by atoms with E-state index in [2.05, 4.69) is 58.1 Å². The molecule has 0 aromatic carbocycles. The monoisotopic (exact) mass is 454 g/mol. The molecular weight excluding hydrogens is 408 g/mol. The fourth-order valence-electron chi connectivity index (χ4n) is 9.13. The smallest absolute Gasteiger partial charge is 0.309 e. The first-order valence-electron chi connectivity index (χ1n) is 13.6. The number of hydrogen-bond acceptors (Lipinski definition) is 4. The van der Waals surface area contributed by atoms with Crippen molar-refractivity contribution in [3.63, 3.8) is 0 Å². The summed E-state index contributed by atoms with van der Waals surface area (Å²) < 4.78 is 6.49. The second kappa shape index (κ2) is 8.52. The predicted molar refractivity (Wildman–Crippen MR) is 134 cm³/mol. The van der Waals surface area contributed by atoms with Gasteiger partial charge in [-0.05, 0) is 109 Å². The molecule has 184 valence electrons. The Bertz CT molecular complexity index is 843. The van der Waals surface area contributed by atoms with E-state index in [0.29, 0.717) is 36.3 Å². The van der Waals surface area contributed by atoms with Gasteiger partial charge in [-0.15, -0.1) is 0 Å². The minimum absolute atomic E-state index is 0.0222. The summed E-state index contributed by atoms with van der Waals surface area (Å²) in [5.41, 5.74) is 3.31. The molecule has 4 nitrogen and oxygen atoms in total. The number of carbonyl (C=O) groups is 1. The highest BCUT2D eigenvalue weighted by molar-refractivity contribution is 5.71. The van der Waals surface area contributed by atoms with Crippen LogP contribution in [0.25, 0.3) is 0 Å². The number of nitrogens with zero attached hydrogens (tertiary/aromatic N) is 1. The Kier molecular flexibility index (Phi) is 6.09. The molecule has 0 aromatic heterocycles. The van der Waals surface area contributed by atoms with Gasteiger partial charge in [0.15, 0.2) is 0 Å². The molecule has 1 saturated heterocycles. The molecule has 4 aliphatic carbocycles. The van der Waals surface area contributed by atoms with Crippen molar-refractivity contribution in [2.24, 2.45) is 34.5 Å². The van der Waals surface area contributed by atoms with E-state index in [1.165, 1.54) is 44.1 Å². The Morgan fingerprint density at radius 2 is 1.97 bits per heavy atom. The molecule has 33 heavy (non-hydrogen) atoms. The van der Waals surface area contributed by atoms with Gasteiger partial charge in [-0.2, -0.15) is 0 Å². The van der Waals surface area contributed by atoms with E-state index in [1.54, 1.807) is 5.57 Å². The standard InChI is InChI=1S/C29H46N2O2/c1-18(2)7-12-27(32)33-26-16-25-22(24-11-10-23-19(3)30-17-29(23,24)26)9-8-20-15-21(31(5)6)13-14-28(20,25)4/h7-8,19,21-26,30H,9-17H2,1-6H3/t19-,21+,22+,23-,24-,25+,26-,28+,29-/m1/s1. The molecule has 0 aromatic rings. The molecule has 0 unspecified atom stereocenters. The lowest BCUT2D eigenvalue weighted by Crippen LogP contribution is -2.59. The van der Waals surface area contributed by atoms with Crippen LogP contribution in [0.3, 0.4) is 0 Å². The SMILES string of the molecule is CC(C)=CCC(=O)O[C@@H]1C[C@H]2[C@@H](CC=C3C[C@@H](N(C)C)CC[C@@]32C)[C@H]2CC[C@@H]3[C@@H](C)NC[C@]231. The molecule has 1 spiro atoms. The molecule has 0 radical (unpaired) electrons. The highest BCUT2D eigenvalue weighted by atomic mass is 16.5. The molecular formula is C29H46N2O2. The Morgan fingerprint density at radius 3 is 2.70 bits per heavy atom. The summed E-state index contributed by atoms with van der Waals surface area (Å²) in [7, 11) is 4.47. The number of fused-ring (bicyclic) bond motifs is 4. The molecule has 1 N–H and O–H groups in total. The van der Waals surface area contributed by atoms with Gasteiger partial charge in [0, 0.05) is 24.0 Å². The van der Waals surface area contributed by atoms with E-state index in [0.717, 1.165) is 18.9 Å². The quantitative estimate of drug-likeness (QED) is 0.459. The fourth-order valence-corrected chi connectivity index (χ4v) is 9.13. The normalized spacial score (nSPS) is 46.0. The van der Waals surface area contributed by atoms with Gasteiger partial charge in [0.1, 0.15) is 6.10 Å². The number of allylic oxidation sites excluding steroid dienone is 2. The average molecular weight is 455 g/mol. The van der Waals surface area contributed by atoms with E-state index in [1.807, 2.05) is 6.08 Å². The second-order valence-electron chi connectivity index (χ2n) is 12.8. The number of hydrogen-bond donors (Lipinski definition) is 1. The van der Waals surface area contributed by atoms with Crippen LogP contribution in [0.4, 0.5) is 0 Å². The Morgan fingerprint density at radius 1 is 1.21 bits per heavy atom. The molecule has 1 aliphatic heterocycles. The number of nitrogens with one attached hydrogen (secondary N) is 1. The van der Waals surface area contributed by atoms with Gasteiger partial charge >= 0.3 is 5.97 Å². The van der Waals surface area contributed by atoms with E-state index in [4.69, 9.17) is 4.74 Å². The Labute approximate surface area is 201 Å². The van der Waals surface area contributed by atoms with Gasteiger partial charge < -0.3 is 15.0 Å². The minimum atomic E-state index is -0.0222. The molecule has 5 rings (SSSR count). The molecule has 1 heterocycles. The fraction of sp³-hybridized carbons (Fsp3) is 0.828. The summed E-state index contributed by atoms with van der Waals surface area (Å²) in [5.74, 6) is 2.70. The van der Waals surface area contributed by atoms with Crippen molar-refractivity contribution in [1.82, 2.24) is 10.2 Å². The maximum Gasteiger partial charge on any atom is 0.309 e. The van der Waals surface area contributed by atoms with Gasteiger partial charge in [0.25, 0.3) is 0 Å². The molecule has 0 amide bonds. The lowest BCUT2D eigenvalue weighted by atomic mass is 9.46. The Hall–Kier alpha value is -1.13. The third kappa shape index (κ3) is 3.66. The molecule has 4 fully saturated rings. The van der Waals surface area contributed by atoms with Crippen LogP contribution in [-0.4, -0.2) is 49.7 Å². The van der Waals surface area contributed by atoms with Gasteiger partial charge in [0.2, 0.25) is 0 Å². The van der Waals surface area contributed by atoms with Crippen LogP contribution >= 0.6 is 0 Å². The lowest BCUT2D eigenvalue weighted by molar-refractivity contribution is -0.177. The van der Waals surface area contributed by atoms with E-state index in [9.17, 15) is 4.79 Å². The van der Waals surface area contributed by atoms with Crippen LogP contribution in [0.1, 0.15) is 79.1 Å². The van der Waals surface area contributed by atoms with Crippen LogP contribution in [0.2, 0.25) is 0 Å². The summed E-state index contributed by atoms with van der Waals surface area (Å²) in [6, 6.07) is 1.20. The van der Waals surface area contributed by atoms with Crippen molar-refractivity contribution in [1.29, 1.82) is 0 Å². The number of esters is 1. The zero-order valence-corrected chi connectivity index (χ0v) is 21.8. The maximum absolute atomic E-state index is 13.0. The largest absolute Gasteiger partial charge is 0.461 e. The van der Waals surface area contributed by atoms with Gasteiger partial charge in [0.05, 0.1) is 6.42 Å². The van der Waals surface area contributed by atoms with Crippen molar-refractivity contribution >= 4 is 5.97 Å². The zero-order valence-electron chi connectivity index (χ0n) is 21.8. The van der Waals surface area contributed by atoms with Crippen molar-refractivity contribution in [2.45, 2.75) is 97.2 Å². The van der Waals surface area contributed by atoms with Crippen LogP contribution in [0.15, 0.2) is 23.3 Å². The third-order valence-corrected chi connectivity index (χ3v) is 10.9.